The zero-order valence-corrected chi connectivity index (χ0v) is 9.43. The van der Waals surface area contributed by atoms with Crippen LogP contribution in [0.4, 0.5) is 0 Å². The van der Waals surface area contributed by atoms with Gasteiger partial charge in [-0.1, -0.05) is 0 Å². The summed E-state index contributed by atoms with van der Waals surface area (Å²) in [6, 6.07) is -0.305. The number of carbonyl (C=O) groups is 2. The second-order valence-corrected chi connectivity index (χ2v) is 3.91. The number of likely N-dealkylation sites (N-methyl/N-ethyl adjacent to an activating group) is 1. The normalized spacial score (nSPS) is 21.9. The molecule has 0 aromatic heterocycles. The van der Waals surface area contributed by atoms with Crippen molar-refractivity contribution in [2.24, 2.45) is 0 Å². The summed E-state index contributed by atoms with van der Waals surface area (Å²) in [6.07, 6.45) is -0.616. The number of nitrogens with zero attached hydrogens (tertiary/aromatic N) is 2. The monoisotopic (exact) mass is 214 g/mol. The van der Waals surface area contributed by atoms with Gasteiger partial charge in [-0.3, -0.25) is 9.59 Å². The Hall–Kier alpha value is -1.10. The molecule has 0 aromatic rings. The fourth-order valence-electron chi connectivity index (χ4n) is 1.60. The summed E-state index contributed by atoms with van der Waals surface area (Å²) in [5.74, 6) is -0.144. The molecule has 2 atom stereocenters. The van der Waals surface area contributed by atoms with Gasteiger partial charge >= 0.3 is 0 Å². The molecular formula is C10H18N2O3. The lowest BCUT2D eigenvalue weighted by Gasteiger charge is -2.37. The number of hydrogen-bond acceptors (Lipinski definition) is 3. The van der Waals surface area contributed by atoms with Crippen LogP contribution in [0.5, 0.6) is 0 Å². The van der Waals surface area contributed by atoms with Crippen LogP contribution in [0.25, 0.3) is 0 Å². The van der Waals surface area contributed by atoms with Gasteiger partial charge in [0.15, 0.2) is 0 Å². The van der Waals surface area contributed by atoms with Crippen molar-refractivity contribution in [3.63, 3.8) is 0 Å². The van der Waals surface area contributed by atoms with Crippen LogP contribution < -0.4 is 0 Å². The third kappa shape index (κ3) is 2.47. The fraction of sp³-hybridized carbons (Fsp3) is 0.800. The summed E-state index contributed by atoms with van der Waals surface area (Å²) in [5.41, 5.74) is 0. The van der Waals surface area contributed by atoms with E-state index in [1.165, 1.54) is 9.80 Å². The van der Waals surface area contributed by atoms with Crippen LogP contribution in [0.3, 0.4) is 0 Å². The summed E-state index contributed by atoms with van der Waals surface area (Å²) in [7, 11) is 0. The first-order valence-electron chi connectivity index (χ1n) is 5.22. The topological polar surface area (TPSA) is 60.9 Å². The molecule has 1 aliphatic rings. The number of piperazine rings is 1. The first-order valence-corrected chi connectivity index (χ1v) is 5.22. The van der Waals surface area contributed by atoms with Crippen LogP contribution in [0.15, 0.2) is 0 Å². The van der Waals surface area contributed by atoms with E-state index in [-0.39, 0.29) is 30.9 Å². The molecule has 0 saturated carbocycles. The molecule has 0 bridgehead atoms. The van der Waals surface area contributed by atoms with Gasteiger partial charge in [0.1, 0.15) is 6.54 Å². The van der Waals surface area contributed by atoms with E-state index in [9.17, 15) is 14.7 Å². The highest BCUT2D eigenvalue weighted by atomic mass is 16.3. The maximum atomic E-state index is 11.7. The van der Waals surface area contributed by atoms with Crippen molar-refractivity contribution >= 4 is 11.8 Å². The minimum atomic E-state index is -0.616. The lowest BCUT2D eigenvalue weighted by molar-refractivity contribution is -0.153. The van der Waals surface area contributed by atoms with Gasteiger partial charge in [0.2, 0.25) is 11.8 Å². The minimum Gasteiger partial charge on any atom is -0.391 e. The van der Waals surface area contributed by atoms with Crippen molar-refractivity contribution in [1.82, 2.24) is 9.80 Å². The molecule has 0 spiro atoms. The van der Waals surface area contributed by atoms with E-state index in [4.69, 9.17) is 0 Å². The van der Waals surface area contributed by atoms with E-state index in [0.29, 0.717) is 6.54 Å². The van der Waals surface area contributed by atoms with E-state index < -0.39 is 6.10 Å². The second-order valence-electron chi connectivity index (χ2n) is 3.91. The summed E-state index contributed by atoms with van der Waals surface area (Å²) in [4.78, 5) is 26.2. The molecule has 15 heavy (non-hydrogen) atoms. The van der Waals surface area contributed by atoms with Gasteiger partial charge in [0, 0.05) is 6.54 Å². The summed E-state index contributed by atoms with van der Waals surface area (Å²) >= 11 is 0. The Balaban J connectivity index is 2.70. The number of rotatable bonds is 3. The maximum absolute atomic E-state index is 11.7. The highest BCUT2D eigenvalue weighted by Gasteiger charge is 2.33. The molecule has 5 heteroatoms. The molecule has 1 aliphatic heterocycles. The standard InChI is InChI=1S/C10H18N2O3/c1-4-11-5-10(15)12(6-9(11)14)7(2)8(3)13/h7-8,13H,4-6H2,1-3H3. The van der Waals surface area contributed by atoms with Crippen molar-refractivity contribution in [1.29, 1.82) is 0 Å². The second kappa shape index (κ2) is 4.61. The summed E-state index contributed by atoms with van der Waals surface area (Å²) in [5, 5.41) is 9.38. The fourth-order valence-corrected chi connectivity index (χ4v) is 1.60. The Labute approximate surface area is 89.7 Å². The summed E-state index contributed by atoms with van der Waals surface area (Å²) in [6.45, 7) is 5.98. The smallest absolute Gasteiger partial charge is 0.242 e. The molecule has 86 valence electrons. The third-order valence-electron chi connectivity index (χ3n) is 2.88. The molecule has 2 unspecified atom stereocenters. The molecule has 0 aliphatic carbocycles. The van der Waals surface area contributed by atoms with Gasteiger partial charge in [-0.05, 0) is 20.8 Å². The van der Waals surface area contributed by atoms with Gasteiger partial charge in [0.25, 0.3) is 0 Å². The van der Waals surface area contributed by atoms with Crippen molar-refractivity contribution in [2.75, 3.05) is 19.6 Å². The highest BCUT2D eigenvalue weighted by molar-refractivity contribution is 5.92. The van der Waals surface area contributed by atoms with Crippen LogP contribution >= 0.6 is 0 Å². The van der Waals surface area contributed by atoms with Crippen LogP contribution in [0.1, 0.15) is 20.8 Å². The lowest BCUT2D eigenvalue weighted by Crippen LogP contribution is -2.58. The van der Waals surface area contributed by atoms with Crippen molar-refractivity contribution < 1.29 is 14.7 Å². The third-order valence-corrected chi connectivity index (χ3v) is 2.88. The lowest BCUT2D eigenvalue weighted by atomic mass is 10.1. The molecule has 1 N–H and O–H groups in total. The Kier molecular flexibility index (Phi) is 3.68. The average molecular weight is 214 g/mol. The Morgan fingerprint density at radius 2 is 1.87 bits per heavy atom. The molecule has 0 radical (unpaired) electrons. The Bertz CT molecular complexity index is 265. The van der Waals surface area contributed by atoms with Crippen LogP contribution in [0.2, 0.25) is 0 Å². The number of amides is 2. The largest absolute Gasteiger partial charge is 0.391 e. The minimum absolute atomic E-state index is 0.0513. The number of aliphatic hydroxyl groups is 1. The number of hydrogen-bond donors (Lipinski definition) is 1. The Morgan fingerprint density at radius 1 is 1.27 bits per heavy atom. The van der Waals surface area contributed by atoms with Crippen molar-refractivity contribution in [2.45, 2.75) is 32.9 Å². The molecule has 1 fully saturated rings. The first kappa shape index (κ1) is 12.0. The molecule has 1 heterocycles. The van der Waals surface area contributed by atoms with Crippen LogP contribution in [0, 0.1) is 0 Å². The van der Waals surface area contributed by atoms with Crippen LogP contribution in [-0.4, -0.2) is 58.5 Å². The zero-order valence-electron chi connectivity index (χ0n) is 9.43. The quantitative estimate of drug-likeness (QED) is 0.685. The van der Waals surface area contributed by atoms with E-state index in [0.717, 1.165) is 0 Å². The van der Waals surface area contributed by atoms with Crippen molar-refractivity contribution in [3.8, 4) is 0 Å². The molecule has 0 aromatic carbocycles. The number of aliphatic hydroxyl groups excluding tert-OH is 1. The predicted octanol–water partition coefficient (Wildman–Crippen LogP) is -0.554. The SMILES string of the molecule is CCN1CC(=O)N(C(C)C(C)O)CC1=O. The van der Waals surface area contributed by atoms with E-state index >= 15 is 0 Å². The van der Waals surface area contributed by atoms with Gasteiger partial charge in [0.05, 0.1) is 18.7 Å². The molecule has 2 amide bonds. The van der Waals surface area contributed by atoms with Gasteiger partial charge < -0.3 is 14.9 Å². The van der Waals surface area contributed by atoms with E-state index in [2.05, 4.69) is 0 Å². The first-order chi connectivity index (χ1) is 6.97. The predicted molar refractivity (Wildman–Crippen MR) is 55.1 cm³/mol. The number of carbonyl (C=O) groups excluding carboxylic acids is 2. The molecule has 1 rings (SSSR count). The molecule has 1 saturated heterocycles. The summed E-state index contributed by atoms with van der Waals surface area (Å²) < 4.78 is 0. The van der Waals surface area contributed by atoms with E-state index in [1.807, 2.05) is 6.92 Å². The van der Waals surface area contributed by atoms with E-state index in [1.54, 1.807) is 13.8 Å². The average Bonchev–Trinajstić information content (AvgIpc) is 2.19. The van der Waals surface area contributed by atoms with Crippen LogP contribution in [-0.2, 0) is 9.59 Å². The maximum Gasteiger partial charge on any atom is 0.242 e. The van der Waals surface area contributed by atoms with Gasteiger partial charge in [-0.25, -0.2) is 0 Å². The van der Waals surface area contributed by atoms with Crippen molar-refractivity contribution in [3.05, 3.63) is 0 Å². The Morgan fingerprint density at radius 3 is 2.33 bits per heavy atom. The molecular weight excluding hydrogens is 196 g/mol. The zero-order chi connectivity index (χ0) is 11.6. The highest BCUT2D eigenvalue weighted by Crippen LogP contribution is 2.11. The molecule has 5 nitrogen and oxygen atoms in total. The van der Waals surface area contributed by atoms with Gasteiger partial charge in [-0.2, -0.15) is 0 Å². The van der Waals surface area contributed by atoms with Gasteiger partial charge in [-0.15, -0.1) is 0 Å².